The summed E-state index contributed by atoms with van der Waals surface area (Å²) in [5.41, 5.74) is 0. The number of hydrogen-bond acceptors (Lipinski definition) is 2. The van der Waals surface area contributed by atoms with Crippen molar-refractivity contribution >= 4 is 6.03 Å². The van der Waals surface area contributed by atoms with Crippen molar-refractivity contribution in [2.75, 3.05) is 19.7 Å². The van der Waals surface area contributed by atoms with Gasteiger partial charge in [-0.05, 0) is 13.3 Å². The highest BCUT2D eigenvalue weighted by molar-refractivity contribution is 5.74. The molecule has 70 valence electrons. The molecule has 1 heterocycles. The fourth-order valence-electron chi connectivity index (χ4n) is 1.19. The first-order valence-electron chi connectivity index (χ1n) is 4.41. The van der Waals surface area contributed by atoms with Crippen LogP contribution in [0.15, 0.2) is 0 Å². The Balaban J connectivity index is 2.30. The molecular weight excluding hydrogens is 156 g/mol. The minimum absolute atomic E-state index is 0.0122. The van der Waals surface area contributed by atoms with Gasteiger partial charge in [0.2, 0.25) is 0 Å². The Labute approximate surface area is 72.9 Å². The molecule has 1 fully saturated rings. The van der Waals surface area contributed by atoms with Crippen LogP contribution in [0, 0.1) is 0 Å². The quantitative estimate of drug-likeness (QED) is 0.669. The van der Waals surface area contributed by atoms with Crippen LogP contribution in [0.2, 0.25) is 0 Å². The van der Waals surface area contributed by atoms with E-state index in [4.69, 9.17) is 4.74 Å². The minimum Gasteiger partial charge on any atom is -0.357 e. The van der Waals surface area contributed by atoms with E-state index in [1.54, 1.807) is 4.90 Å². The lowest BCUT2D eigenvalue weighted by Gasteiger charge is -2.19. The van der Waals surface area contributed by atoms with Crippen LogP contribution in [0.4, 0.5) is 4.79 Å². The molecule has 4 nitrogen and oxygen atoms in total. The van der Waals surface area contributed by atoms with Crippen molar-refractivity contribution in [1.29, 1.82) is 0 Å². The van der Waals surface area contributed by atoms with E-state index < -0.39 is 0 Å². The van der Waals surface area contributed by atoms with E-state index in [0.717, 1.165) is 13.0 Å². The van der Waals surface area contributed by atoms with E-state index >= 15 is 0 Å². The number of urea groups is 1. The molecule has 1 unspecified atom stereocenters. The molecule has 0 saturated carbocycles. The van der Waals surface area contributed by atoms with Gasteiger partial charge in [0.25, 0.3) is 0 Å². The molecule has 0 aliphatic carbocycles. The molecule has 1 aliphatic heterocycles. The second kappa shape index (κ2) is 4.30. The first-order valence-corrected chi connectivity index (χ1v) is 4.41. The average Bonchev–Trinajstić information content (AvgIpc) is 2.47. The van der Waals surface area contributed by atoms with E-state index in [9.17, 15) is 4.79 Å². The summed E-state index contributed by atoms with van der Waals surface area (Å²) in [6, 6.07) is -0.0122. The summed E-state index contributed by atoms with van der Waals surface area (Å²) < 4.78 is 5.23. The Bertz CT molecular complexity index is 161. The summed E-state index contributed by atoms with van der Waals surface area (Å²) in [5, 5.41) is 2.81. The van der Waals surface area contributed by atoms with Gasteiger partial charge in [0, 0.05) is 13.1 Å². The predicted molar refractivity (Wildman–Crippen MR) is 45.8 cm³/mol. The Hall–Kier alpha value is -0.770. The van der Waals surface area contributed by atoms with E-state index in [1.807, 2.05) is 13.8 Å². The highest BCUT2D eigenvalue weighted by Crippen LogP contribution is 2.08. The molecule has 4 heteroatoms. The Morgan fingerprint density at radius 2 is 2.50 bits per heavy atom. The molecule has 12 heavy (non-hydrogen) atoms. The van der Waals surface area contributed by atoms with Crippen LogP contribution >= 0.6 is 0 Å². The highest BCUT2D eigenvalue weighted by Gasteiger charge is 2.24. The average molecular weight is 172 g/mol. The van der Waals surface area contributed by atoms with Crippen molar-refractivity contribution in [3.05, 3.63) is 0 Å². The summed E-state index contributed by atoms with van der Waals surface area (Å²) in [6.07, 6.45) is 0.899. The van der Waals surface area contributed by atoms with Gasteiger partial charge in [-0.2, -0.15) is 0 Å². The Morgan fingerprint density at radius 3 is 3.00 bits per heavy atom. The van der Waals surface area contributed by atoms with Gasteiger partial charge in [-0.15, -0.1) is 0 Å². The molecule has 0 aromatic rings. The van der Waals surface area contributed by atoms with E-state index in [-0.39, 0.29) is 12.3 Å². The first kappa shape index (κ1) is 9.32. The van der Waals surface area contributed by atoms with Crippen LogP contribution in [0.1, 0.15) is 20.3 Å². The molecule has 0 aromatic carbocycles. The topological polar surface area (TPSA) is 41.6 Å². The molecule has 1 rings (SSSR count). The predicted octanol–water partition coefficient (Wildman–Crippen LogP) is 0.784. The smallest absolute Gasteiger partial charge is 0.319 e. The standard InChI is InChI=1S/C8H16N2O2/c1-3-4-9-8(11)10-5-6-12-7(10)2/h7H,3-6H2,1-2H3,(H,9,11). The molecule has 1 saturated heterocycles. The molecule has 0 aromatic heterocycles. The van der Waals surface area contributed by atoms with Crippen molar-refractivity contribution < 1.29 is 9.53 Å². The molecule has 0 spiro atoms. The largest absolute Gasteiger partial charge is 0.357 e. The third-order valence-corrected chi connectivity index (χ3v) is 1.92. The number of amides is 2. The van der Waals surface area contributed by atoms with Crippen LogP contribution in [0.5, 0.6) is 0 Å². The zero-order valence-electron chi connectivity index (χ0n) is 7.67. The number of nitrogens with one attached hydrogen (secondary N) is 1. The summed E-state index contributed by atoms with van der Waals surface area (Å²) in [6.45, 7) is 6.02. The molecule has 1 N–H and O–H groups in total. The molecule has 0 bridgehead atoms. The van der Waals surface area contributed by atoms with Gasteiger partial charge in [-0.25, -0.2) is 4.79 Å². The van der Waals surface area contributed by atoms with Crippen LogP contribution in [0.3, 0.4) is 0 Å². The monoisotopic (exact) mass is 172 g/mol. The van der Waals surface area contributed by atoms with Gasteiger partial charge in [0.1, 0.15) is 6.23 Å². The third kappa shape index (κ3) is 2.11. The maximum atomic E-state index is 11.3. The number of carbonyl (C=O) groups excluding carboxylic acids is 1. The number of hydrogen-bond donors (Lipinski definition) is 1. The normalized spacial score (nSPS) is 22.8. The summed E-state index contributed by atoms with van der Waals surface area (Å²) in [7, 11) is 0. The maximum absolute atomic E-state index is 11.3. The Morgan fingerprint density at radius 1 is 1.75 bits per heavy atom. The van der Waals surface area contributed by atoms with Crippen LogP contribution < -0.4 is 5.32 Å². The van der Waals surface area contributed by atoms with Gasteiger partial charge in [-0.3, -0.25) is 4.90 Å². The minimum atomic E-state index is -0.0677. The molecule has 1 atom stereocenters. The van der Waals surface area contributed by atoms with Crippen LogP contribution in [-0.2, 0) is 4.74 Å². The highest BCUT2D eigenvalue weighted by atomic mass is 16.5. The summed E-state index contributed by atoms with van der Waals surface area (Å²) >= 11 is 0. The zero-order chi connectivity index (χ0) is 8.97. The van der Waals surface area contributed by atoms with Gasteiger partial charge in [0.15, 0.2) is 0 Å². The van der Waals surface area contributed by atoms with Crippen LogP contribution in [0.25, 0.3) is 0 Å². The van der Waals surface area contributed by atoms with E-state index in [2.05, 4.69) is 5.32 Å². The van der Waals surface area contributed by atoms with Crippen molar-refractivity contribution in [3.63, 3.8) is 0 Å². The number of nitrogens with zero attached hydrogens (tertiary/aromatic N) is 1. The fraction of sp³-hybridized carbons (Fsp3) is 0.875. The Kier molecular flexibility index (Phi) is 3.34. The lowest BCUT2D eigenvalue weighted by Crippen LogP contribution is -2.42. The molecule has 0 radical (unpaired) electrons. The number of carbonyl (C=O) groups is 1. The first-order chi connectivity index (χ1) is 5.75. The molecule has 1 aliphatic rings. The summed E-state index contributed by atoms with van der Waals surface area (Å²) in [5.74, 6) is 0. The summed E-state index contributed by atoms with van der Waals surface area (Å²) in [4.78, 5) is 13.1. The van der Waals surface area contributed by atoms with Crippen LogP contribution in [-0.4, -0.2) is 36.9 Å². The number of ether oxygens (including phenoxy) is 1. The fourth-order valence-corrected chi connectivity index (χ4v) is 1.19. The SMILES string of the molecule is CCCNC(=O)N1CCOC1C. The van der Waals surface area contributed by atoms with Crippen molar-refractivity contribution in [2.45, 2.75) is 26.5 Å². The van der Waals surface area contributed by atoms with E-state index in [1.165, 1.54) is 0 Å². The maximum Gasteiger partial charge on any atom is 0.319 e. The van der Waals surface area contributed by atoms with Gasteiger partial charge in [0.05, 0.1) is 6.61 Å². The van der Waals surface area contributed by atoms with Crippen molar-refractivity contribution in [3.8, 4) is 0 Å². The van der Waals surface area contributed by atoms with Crippen molar-refractivity contribution in [1.82, 2.24) is 10.2 Å². The van der Waals surface area contributed by atoms with Gasteiger partial charge in [-0.1, -0.05) is 6.92 Å². The second-order valence-corrected chi connectivity index (χ2v) is 2.90. The number of rotatable bonds is 2. The lowest BCUT2D eigenvalue weighted by molar-refractivity contribution is 0.0648. The van der Waals surface area contributed by atoms with Crippen molar-refractivity contribution in [2.24, 2.45) is 0 Å². The third-order valence-electron chi connectivity index (χ3n) is 1.92. The lowest BCUT2D eigenvalue weighted by atomic mass is 10.5. The van der Waals surface area contributed by atoms with Gasteiger partial charge >= 0.3 is 6.03 Å². The zero-order valence-corrected chi connectivity index (χ0v) is 7.67. The second-order valence-electron chi connectivity index (χ2n) is 2.90. The van der Waals surface area contributed by atoms with E-state index in [0.29, 0.717) is 13.2 Å². The molecule has 2 amide bonds. The van der Waals surface area contributed by atoms with Gasteiger partial charge < -0.3 is 10.1 Å². The molecular formula is C8H16N2O2.